The predicted octanol–water partition coefficient (Wildman–Crippen LogP) is 0.442. The van der Waals surface area contributed by atoms with Crippen molar-refractivity contribution >= 4 is 25.2 Å². The molecular weight excluding hydrogens is 248 g/mol. The highest BCUT2D eigenvalue weighted by molar-refractivity contribution is 7.52. The second kappa shape index (κ2) is 6.02. The Bertz CT molecular complexity index is 282. The smallest absolute Gasteiger partial charge is 0.323 e. The van der Waals surface area contributed by atoms with E-state index in [1.54, 1.807) is 0 Å². The van der Waals surface area contributed by atoms with Crippen LogP contribution in [0.2, 0.25) is 0 Å². The van der Waals surface area contributed by atoms with Gasteiger partial charge < -0.3 is 14.7 Å². The second-order valence-electron chi connectivity index (χ2n) is 2.61. The lowest BCUT2D eigenvalue weighted by Crippen LogP contribution is -2.44. The number of hydrogen-bond acceptors (Lipinski definition) is 4. The zero-order valence-electron chi connectivity index (χ0n) is 7.83. The highest BCUT2D eigenvalue weighted by atomic mass is 35.5. The van der Waals surface area contributed by atoms with Crippen LogP contribution in [0.25, 0.3) is 0 Å². The molecule has 15 heavy (non-hydrogen) atoms. The molecule has 0 spiro atoms. The van der Waals surface area contributed by atoms with Crippen LogP contribution < -0.4 is 5.43 Å². The molecule has 0 aromatic carbocycles. The number of alkyl halides is 1. The molecular formula is C5H11ClN3O5P. The summed E-state index contributed by atoms with van der Waals surface area (Å²) in [4.78, 5) is 39.3. The summed E-state index contributed by atoms with van der Waals surface area (Å²) < 4.78 is 10.9. The molecule has 88 valence electrons. The Hall–Kier alpha value is -0.690. The van der Waals surface area contributed by atoms with Crippen LogP contribution in [0.5, 0.6) is 0 Å². The number of hydrogen-bond donors (Lipinski definition) is 3. The topological polar surface area (TPSA) is 119 Å². The summed E-state index contributed by atoms with van der Waals surface area (Å²) in [6.07, 6.45) is 0. The minimum Gasteiger partial charge on any atom is -0.323 e. The number of nitrogens with zero attached hydrogens (tertiary/aromatic N) is 2. The van der Waals surface area contributed by atoms with Crippen molar-refractivity contribution in [1.29, 1.82) is 0 Å². The molecule has 3 N–H and O–H groups in total. The summed E-state index contributed by atoms with van der Waals surface area (Å²) in [5.74, 6) is -1.38. The maximum absolute atomic E-state index is 11.1. The molecule has 0 aromatic heterocycles. The van der Waals surface area contributed by atoms with Crippen LogP contribution in [-0.2, 0) is 4.57 Å². The van der Waals surface area contributed by atoms with Gasteiger partial charge in [0.15, 0.2) is 0 Å². The van der Waals surface area contributed by atoms with Crippen LogP contribution in [0.15, 0.2) is 5.29 Å². The molecule has 0 rings (SSSR count). The quantitative estimate of drug-likeness (QED) is 0.286. The van der Waals surface area contributed by atoms with Gasteiger partial charge in [-0.05, 0) is 6.92 Å². The van der Waals surface area contributed by atoms with E-state index in [2.05, 4.69) is 5.29 Å². The lowest BCUT2D eigenvalue weighted by Gasteiger charge is -2.27. The SMILES string of the molecule is CC(N(CCCl)C(=O)NN=O)P(=O)(O)O. The molecule has 0 saturated heterocycles. The van der Waals surface area contributed by atoms with Gasteiger partial charge in [-0.3, -0.25) is 4.57 Å². The van der Waals surface area contributed by atoms with Gasteiger partial charge in [0.05, 0.1) is 5.29 Å². The Kier molecular flexibility index (Phi) is 5.74. The van der Waals surface area contributed by atoms with Gasteiger partial charge in [-0.1, -0.05) is 0 Å². The van der Waals surface area contributed by atoms with E-state index in [-0.39, 0.29) is 12.4 Å². The molecule has 0 bridgehead atoms. The minimum atomic E-state index is -4.46. The van der Waals surface area contributed by atoms with Crippen molar-refractivity contribution in [3.8, 4) is 0 Å². The van der Waals surface area contributed by atoms with Crippen LogP contribution in [-0.4, -0.2) is 38.9 Å². The van der Waals surface area contributed by atoms with Crippen LogP contribution >= 0.6 is 19.2 Å². The Morgan fingerprint density at radius 3 is 2.53 bits per heavy atom. The molecule has 0 aromatic rings. The first-order valence-corrected chi connectivity index (χ1v) is 6.06. The Morgan fingerprint density at radius 1 is 1.67 bits per heavy atom. The fraction of sp³-hybridized carbons (Fsp3) is 0.800. The third kappa shape index (κ3) is 4.57. The van der Waals surface area contributed by atoms with Crippen molar-refractivity contribution in [3.63, 3.8) is 0 Å². The molecule has 0 radical (unpaired) electrons. The van der Waals surface area contributed by atoms with Crippen molar-refractivity contribution in [2.75, 3.05) is 12.4 Å². The standard InChI is InChI=1S/C5H11ClN3O5P/c1-4(15(12,13)14)9(3-2-6)5(10)7-8-11/h4H,2-3H2,1H3,(H,7,10,11)(H2,12,13,14). The maximum Gasteiger partial charge on any atom is 0.347 e. The molecule has 2 amide bonds. The van der Waals surface area contributed by atoms with Gasteiger partial charge in [0.25, 0.3) is 0 Å². The van der Waals surface area contributed by atoms with Gasteiger partial charge in [0.2, 0.25) is 0 Å². The first-order valence-electron chi connectivity index (χ1n) is 3.84. The number of amides is 2. The number of carbonyl (C=O) groups excluding carboxylic acids is 1. The summed E-state index contributed by atoms with van der Waals surface area (Å²) in [7, 11) is -4.46. The molecule has 8 nitrogen and oxygen atoms in total. The summed E-state index contributed by atoms with van der Waals surface area (Å²) in [5.41, 5.74) is 1.54. The largest absolute Gasteiger partial charge is 0.347 e. The van der Waals surface area contributed by atoms with Gasteiger partial charge in [-0.2, -0.15) is 5.43 Å². The van der Waals surface area contributed by atoms with Crippen LogP contribution in [0.1, 0.15) is 6.92 Å². The molecule has 1 atom stereocenters. The molecule has 0 fully saturated rings. The second-order valence-corrected chi connectivity index (χ2v) is 4.92. The lowest BCUT2D eigenvalue weighted by molar-refractivity contribution is 0.189. The zero-order valence-corrected chi connectivity index (χ0v) is 9.48. The van der Waals surface area contributed by atoms with Crippen LogP contribution in [0.4, 0.5) is 4.79 Å². The number of nitrogens with one attached hydrogen (secondary N) is 1. The zero-order chi connectivity index (χ0) is 12.1. The first kappa shape index (κ1) is 14.3. The van der Waals surface area contributed by atoms with Crippen molar-refractivity contribution in [2.45, 2.75) is 12.7 Å². The number of carbonyl (C=O) groups is 1. The Balaban J connectivity index is 4.72. The molecule has 10 heteroatoms. The summed E-state index contributed by atoms with van der Waals surface area (Å²) in [6, 6.07) is -0.999. The van der Waals surface area contributed by atoms with Crippen LogP contribution in [0, 0.1) is 4.91 Å². The predicted molar refractivity (Wildman–Crippen MR) is 53.3 cm³/mol. The fourth-order valence-electron chi connectivity index (χ4n) is 0.834. The number of urea groups is 1. The number of nitroso groups, excluding NO2 is 1. The molecule has 0 saturated carbocycles. The average molecular weight is 260 g/mol. The molecule has 0 aliphatic carbocycles. The summed E-state index contributed by atoms with van der Waals surface area (Å²) in [6.45, 7) is 1.05. The monoisotopic (exact) mass is 259 g/mol. The first-order chi connectivity index (χ1) is 6.84. The molecule has 0 aliphatic heterocycles. The van der Waals surface area contributed by atoms with E-state index < -0.39 is 19.4 Å². The molecule has 0 aliphatic rings. The minimum absolute atomic E-state index is 0.0172. The lowest BCUT2D eigenvalue weighted by atomic mass is 10.5. The Labute approximate surface area is 90.7 Å². The van der Waals surface area contributed by atoms with E-state index in [1.807, 2.05) is 0 Å². The third-order valence-electron chi connectivity index (χ3n) is 1.67. The normalized spacial score (nSPS) is 13.1. The van der Waals surface area contributed by atoms with Gasteiger partial charge >= 0.3 is 13.6 Å². The van der Waals surface area contributed by atoms with Crippen molar-refractivity contribution < 1.29 is 19.1 Å². The van der Waals surface area contributed by atoms with Crippen LogP contribution in [0.3, 0.4) is 0 Å². The van der Waals surface area contributed by atoms with Gasteiger partial charge in [0, 0.05) is 12.4 Å². The summed E-state index contributed by atoms with van der Waals surface area (Å²) >= 11 is 5.35. The van der Waals surface area contributed by atoms with E-state index in [0.717, 1.165) is 11.8 Å². The Morgan fingerprint density at radius 2 is 2.20 bits per heavy atom. The average Bonchev–Trinajstić information content (AvgIpc) is 2.12. The van der Waals surface area contributed by atoms with E-state index in [0.29, 0.717) is 0 Å². The maximum atomic E-state index is 11.1. The van der Waals surface area contributed by atoms with E-state index in [4.69, 9.17) is 21.4 Å². The highest BCUT2D eigenvalue weighted by Gasteiger charge is 2.33. The van der Waals surface area contributed by atoms with Gasteiger partial charge in [-0.15, -0.1) is 16.5 Å². The van der Waals surface area contributed by atoms with E-state index in [9.17, 15) is 14.3 Å². The number of halogens is 1. The third-order valence-corrected chi connectivity index (χ3v) is 3.09. The van der Waals surface area contributed by atoms with E-state index >= 15 is 0 Å². The van der Waals surface area contributed by atoms with Gasteiger partial charge in [0.1, 0.15) is 5.78 Å². The van der Waals surface area contributed by atoms with Crippen molar-refractivity contribution in [1.82, 2.24) is 10.3 Å². The molecule has 0 heterocycles. The van der Waals surface area contributed by atoms with Crippen molar-refractivity contribution in [2.24, 2.45) is 5.29 Å². The molecule has 1 unspecified atom stereocenters. The summed E-state index contributed by atoms with van der Waals surface area (Å²) in [5, 5.41) is 2.12. The van der Waals surface area contributed by atoms with E-state index in [1.165, 1.54) is 5.43 Å². The number of rotatable bonds is 5. The van der Waals surface area contributed by atoms with Crippen molar-refractivity contribution in [3.05, 3.63) is 4.91 Å². The van der Waals surface area contributed by atoms with Gasteiger partial charge in [-0.25, -0.2) is 4.79 Å². The highest BCUT2D eigenvalue weighted by Crippen LogP contribution is 2.42. The fourth-order valence-corrected chi connectivity index (χ4v) is 1.60.